The van der Waals surface area contributed by atoms with Gasteiger partial charge in [0.05, 0.1) is 6.42 Å². The summed E-state index contributed by atoms with van der Waals surface area (Å²) < 4.78 is 119. The van der Waals surface area contributed by atoms with Crippen molar-refractivity contribution in [2.45, 2.75) is 43.4 Å². The van der Waals surface area contributed by atoms with Crippen molar-refractivity contribution in [2.75, 3.05) is 0 Å². The molecule has 0 spiro atoms. The Morgan fingerprint density at radius 3 is 1.75 bits per heavy atom. The molecule has 2 unspecified atom stereocenters. The van der Waals surface area contributed by atoms with Gasteiger partial charge in [0.1, 0.15) is 0 Å². The quantitative estimate of drug-likeness (QED) is 0.734. The van der Waals surface area contributed by atoms with Crippen LogP contribution in [0.15, 0.2) is 0 Å². The molecule has 0 aromatic heterocycles. The maximum Gasteiger partial charge on any atom is 0.450 e. The van der Waals surface area contributed by atoms with Crippen LogP contribution in [0.4, 0.5) is 39.5 Å². The van der Waals surface area contributed by atoms with Crippen molar-refractivity contribution in [2.24, 2.45) is 0 Å². The number of rotatable bonds is 2. The first-order valence-electron chi connectivity index (χ1n) is 4.68. The Bertz CT molecular complexity index is 414. The number of hydrogen-bond acceptors (Lipinski definition) is 3. The van der Waals surface area contributed by atoms with Gasteiger partial charge >= 0.3 is 24.3 Å². The van der Waals surface area contributed by atoms with Crippen LogP contribution in [0, 0.1) is 0 Å². The highest BCUT2D eigenvalue weighted by Gasteiger charge is 2.77. The van der Waals surface area contributed by atoms with E-state index < -0.39 is 42.3 Å². The lowest BCUT2D eigenvalue weighted by Gasteiger charge is -2.25. The van der Waals surface area contributed by atoms with E-state index in [4.69, 9.17) is 0 Å². The molecule has 1 saturated heterocycles. The van der Waals surface area contributed by atoms with Crippen LogP contribution < -0.4 is 0 Å². The summed E-state index contributed by atoms with van der Waals surface area (Å²) in [5.41, 5.74) is 0. The topological polar surface area (TPSA) is 35.5 Å². The van der Waals surface area contributed by atoms with Crippen LogP contribution in [0.2, 0.25) is 0 Å². The Morgan fingerprint density at radius 1 is 1.00 bits per heavy atom. The fraction of sp³-hybridized carbons (Fsp3) is 0.875. The van der Waals surface area contributed by atoms with Gasteiger partial charge in [0.25, 0.3) is 5.79 Å². The molecule has 1 aliphatic rings. The highest BCUT2D eigenvalue weighted by molar-refractivity contribution is 5.84. The molecule has 1 rings (SSSR count). The monoisotopic (exact) mass is 320 g/mol. The van der Waals surface area contributed by atoms with Crippen LogP contribution in [0.3, 0.4) is 0 Å². The molecule has 0 amide bonds. The molecule has 3 nitrogen and oxygen atoms in total. The van der Waals surface area contributed by atoms with Crippen molar-refractivity contribution in [3.63, 3.8) is 0 Å². The molecule has 0 aliphatic carbocycles. The predicted molar refractivity (Wildman–Crippen MR) is 41.1 cm³/mol. The molecule has 118 valence electrons. The highest BCUT2D eigenvalue weighted by atomic mass is 19.4. The fourth-order valence-electron chi connectivity index (χ4n) is 1.27. The van der Waals surface area contributed by atoms with Gasteiger partial charge in [0, 0.05) is 0 Å². The Balaban J connectivity index is 3.09. The van der Waals surface area contributed by atoms with Crippen molar-refractivity contribution in [3.05, 3.63) is 0 Å². The molecule has 20 heavy (non-hydrogen) atoms. The molecule has 0 aromatic carbocycles. The molecule has 0 aromatic rings. The van der Waals surface area contributed by atoms with E-state index in [1.54, 1.807) is 0 Å². The molecule has 1 heterocycles. The normalized spacial score (nSPS) is 34.3. The van der Waals surface area contributed by atoms with E-state index >= 15 is 0 Å². The summed E-state index contributed by atoms with van der Waals surface area (Å²) in [6, 6.07) is 0. The van der Waals surface area contributed by atoms with Crippen molar-refractivity contribution < 1.29 is 53.8 Å². The third-order valence-electron chi connectivity index (χ3n) is 2.33. The Morgan fingerprint density at radius 2 is 1.45 bits per heavy atom. The van der Waals surface area contributed by atoms with Crippen molar-refractivity contribution >= 4 is 5.78 Å². The minimum absolute atomic E-state index is 0.152. The van der Waals surface area contributed by atoms with Gasteiger partial charge in [0.15, 0.2) is 0 Å². The standard InChI is InChI=1S/C8H5F9O3/c1-4(7(13,14)15)19-5(9,8(16,17)20-4)2-3(18)6(10,11)12/h2H2,1H3. The number of Topliss-reactive ketones (excluding diaryl/α,β-unsaturated/α-hetero) is 1. The van der Waals surface area contributed by atoms with Gasteiger partial charge in [-0.05, 0) is 6.92 Å². The first-order chi connectivity index (χ1) is 8.54. The Kier molecular flexibility index (Phi) is 3.60. The summed E-state index contributed by atoms with van der Waals surface area (Å²) in [4.78, 5) is 10.5. The van der Waals surface area contributed by atoms with Crippen molar-refractivity contribution in [3.8, 4) is 0 Å². The third kappa shape index (κ3) is 2.71. The van der Waals surface area contributed by atoms with Crippen LogP contribution in [0.5, 0.6) is 0 Å². The van der Waals surface area contributed by atoms with Gasteiger partial charge in [-0.3, -0.25) is 14.3 Å². The number of ketones is 1. The van der Waals surface area contributed by atoms with E-state index in [-0.39, 0.29) is 6.92 Å². The van der Waals surface area contributed by atoms with E-state index in [9.17, 15) is 44.3 Å². The second-order valence-electron chi connectivity index (χ2n) is 3.99. The predicted octanol–water partition coefficient (Wildman–Crippen LogP) is 3.09. The van der Waals surface area contributed by atoms with E-state index in [1.165, 1.54) is 0 Å². The van der Waals surface area contributed by atoms with E-state index in [0.717, 1.165) is 0 Å². The summed E-state index contributed by atoms with van der Waals surface area (Å²) >= 11 is 0. The molecular formula is C8H5F9O3. The maximum absolute atomic E-state index is 13.6. The van der Waals surface area contributed by atoms with Gasteiger partial charge in [-0.15, -0.1) is 0 Å². The second-order valence-corrected chi connectivity index (χ2v) is 3.99. The van der Waals surface area contributed by atoms with Gasteiger partial charge in [-0.25, -0.2) is 4.39 Å². The average molecular weight is 320 g/mol. The minimum Gasteiger partial charge on any atom is -0.297 e. The zero-order valence-corrected chi connectivity index (χ0v) is 9.33. The molecule has 0 bridgehead atoms. The van der Waals surface area contributed by atoms with Crippen LogP contribution in [0.25, 0.3) is 0 Å². The molecule has 0 N–H and O–H groups in total. The van der Waals surface area contributed by atoms with Gasteiger partial charge in [-0.1, -0.05) is 0 Å². The van der Waals surface area contributed by atoms with Crippen molar-refractivity contribution in [1.82, 2.24) is 0 Å². The van der Waals surface area contributed by atoms with E-state index in [0.29, 0.717) is 0 Å². The molecule has 2 atom stereocenters. The summed E-state index contributed by atoms with van der Waals surface area (Å²) in [7, 11) is 0. The minimum atomic E-state index is -5.71. The lowest BCUT2D eigenvalue weighted by molar-refractivity contribution is -0.370. The zero-order valence-electron chi connectivity index (χ0n) is 9.33. The highest BCUT2D eigenvalue weighted by Crippen LogP contribution is 2.54. The number of carbonyl (C=O) groups is 1. The SMILES string of the molecule is CC1(C(F)(F)F)OC(F)(F)C(F)(CC(=O)C(F)(F)F)O1. The number of halogens is 9. The lowest BCUT2D eigenvalue weighted by atomic mass is 10.1. The number of carbonyl (C=O) groups excluding carboxylic acids is 1. The first-order valence-corrected chi connectivity index (χ1v) is 4.68. The van der Waals surface area contributed by atoms with E-state index in [2.05, 4.69) is 9.47 Å². The fourth-order valence-corrected chi connectivity index (χ4v) is 1.27. The van der Waals surface area contributed by atoms with E-state index in [1.807, 2.05) is 0 Å². The Labute approximate surface area is 104 Å². The van der Waals surface area contributed by atoms with Gasteiger partial charge < -0.3 is 0 Å². The van der Waals surface area contributed by atoms with Crippen molar-refractivity contribution in [1.29, 1.82) is 0 Å². The lowest BCUT2D eigenvalue weighted by Crippen LogP contribution is -2.46. The molecule has 1 aliphatic heterocycles. The molecular weight excluding hydrogens is 315 g/mol. The molecule has 0 radical (unpaired) electrons. The number of ether oxygens (including phenoxy) is 2. The smallest absolute Gasteiger partial charge is 0.297 e. The summed E-state index contributed by atoms with van der Waals surface area (Å²) in [5, 5.41) is 0. The summed E-state index contributed by atoms with van der Waals surface area (Å²) in [5.74, 6) is -12.1. The second kappa shape index (κ2) is 4.23. The Hall–Kier alpha value is -1.04. The first kappa shape index (κ1) is 17.0. The number of alkyl halides is 9. The van der Waals surface area contributed by atoms with Gasteiger partial charge in [0.2, 0.25) is 5.78 Å². The number of hydrogen-bond donors (Lipinski definition) is 0. The van der Waals surface area contributed by atoms with Crippen LogP contribution in [0.1, 0.15) is 13.3 Å². The molecule has 1 fully saturated rings. The summed E-state index contributed by atoms with van der Waals surface area (Å²) in [6.45, 7) is -0.152. The van der Waals surface area contributed by atoms with Crippen LogP contribution >= 0.6 is 0 Å². The zero-order chi connectivity index (χ0) is 16.2. The summed E-state index contributed by atoms with van der Waals surface area (Å²) in [6.07, 6.45) is -19.4. The van der Waals surface area contributed by atoms with Gasteiger partial charge in [-0.2, -0.15) is 35.1 Å². The third-order valence-corrected chi connectivity index (χ3v) is 2.33. The largest absolute Gasteiger partial charge is 0.450 e. The van der Waals surface area contributed by atoms with Crippen LogP contribution in [-0.2, 0) is 14.3 Å². The molecule has 0 saturated carbocycles. The average Bonchev–Trinajstić information content (AvgIpc) is 2.29. The maximum atomic E-state index is 13.6. The van der Waals surface area contributed by atoms with Crippen LogP contribution in [-0.4, -0.2) is 35.9 Å². The molecule has 12 heteroatoms.